The third-order valence-electron chi connectivity index (χ3n) is 4.11. The number of hydrogen-bond donors (Lipinski definition) is 1. The fourth-order valence-electron chi connectivity index (χ4n) is 2.74. The number of amides is 1. The van der Waals surface area contributed by atoms with Gasteiger partial charge in [0.05, 0.1) is 13.4 Å². The molecule has 0 aliphatic rings. The molecule has 144 valence electrons. The minimum atomic E-state index is -0.404. The van der Waals surface area contributed by atoms with Crippen LogP contribution in [0.25, 0.3) is 23.2 Å². The second kappa shape index (κ2) is 8.22. The molecule has 2 heterocycles. The molecular weight excluding hydrogens is 370 g/mol. The van der Waals surface area contributed by atoms with Crippen molar-refractivity contribution in [1.29, 1.82) is 0 Å². The summed E-state index contributed by atoms with van der Waals surface area (Å²) in [5, 5.41) is 14.7. The maximum atomic E-state index is 13.1. The van der Waals surface area contributed by atoms with Crippen LogP contribution in [0.5, 0.6) is 5.75 Å². The number of tetrazole rings is 1. The van der Waals surface area contributed by atoms with E-state index < -0.39 is 5.91 Å². The van der Waals surface area contributed by atoms with Crippen LogP contribution in [0, 0.1) is 0 Å². The Labute approximate surface area is 166 Å². The minimum Gasteiger partial charge on any atom is -0.497 e. The quantitative estimate of drug-likeness (QED) is 0.508. The monoisotopic (exact) mass is 387 g/mol. The summed E-state index contributed by atoms with van der Waals surface area (Å²) in [6.45, 7) is 0. The first-order chi connectivity index (χ1) is 14.2. The van der Waals surface area contributed by atoms with Crippen LogP contribution in [0.1, 0.15) is 5.76 Å². The van der Waals surface area contributed by atoms with Gasteiger partial charge in [-0.1, -0.05) is 36.4 Å². The zero-order valence-corrected chi connectivity index (χ0v) is 15.5. The third-order valence-corrected chi connectivity index (χ3v) is 4.11. The number of furan rings is 1. The molecular formula is C21H17N5O3. The van der Waals surface area contributed by atoms with Gasteiger partial charge < -0.3 is 14.5 Å². The van der Waals surface area contributed by atoms with E-state index in [-0.39, 0.29) is 5.70 Å². The summed E-state index contributed by atoms with van der Waals surface area (Å²) in [6, 6.07) is 19.9. The highest BCUT2D eigenvalue weighted by Crippen LogP contribution is 2.23. The standard InChI is InChI=1S/C21H17N5O3/c1-28-17-10-5-9-16(13-17)22-21(27)19(14-18-11-6-12-29-18)26-20(23-24-25-26)15-7-3-2-4-8-15/h2-14H,1H3,(H,22,27). The Morgan fingerprint density at radius 2 is 1.97 bits per heavy atom. The predicted octanol–water partition coefficient (Wildman–Crippen LogP) is 3.58. The molecule has 0 spiro atoms. The fourth-order valence-corrected chi connectivity index (χ4v) is 2.74. The van der Waals surface area contributed by atoms with Gasteiger partial charge in [-0.3, -0.25) is 4.79 Å². The summed E-state index contributed by atoms with van der Waals surface area (Å²) in [6.07, 6.45) is 3.11. The van der Waals surface area contributed by atoms with Gasteiger partial charge in [-0.05, 0) is 34.7 Å². The SMILES string of the molecule is COc1cccc(NC(=O)C(=Cc2ccco2)n2nnnc2-c2ccccc2)c1. The molecule has 1 N–H and O–H groups in total. The predicted molar refractivity (Wildman–Crippen MR) is 108 cm³/mol. The first kappa shape index (κ1) is 18.2. The molecule has 0 fully saturated rings. The second-order valence-corrected chi connectivity index (χ2v) is 6.01. The van der Waals surface area contributed by atoms with Gasteiger partial charge in [0.2, 0.25) is 0 Å². The number of rotatable bonds is 6. The van der Waals surface area contributed by atoms with Crippen LogP contribution < -0.4 is 10.1 Å². The molecule has 0 saturated carbocycles. The van der Waals surface area contributed by atoms with Crippen molar-refractivity contribution < 1.29 is 13.9 Å². The van der Waals surface area contributed by atoms with Gasteiger partial charge in [0.25, 0.3) is 5.91 Å². The van der Waals surface area contributed by atoms with Crippen molar-refractivity contribution in [3.8, 4) is 17.1 Å². The summed E-state index contributed by atoms with van der Waals surface area (Å²) in [7, 11) is 1.57. The lowest BCUT2D eigenvalue weighted by Gasteiger charge is -2.11. The third kappa shape index (κ3) is 4.06. The van der Waals surface area contributed by atoms with E-state index >= 15 is 0 Å². The number of nitrogens with one attached hydrogen (secondary N) is 1. The lowest BCUT2D eigenvalue weighted by atomic mass is 10.2. The van der Waals surface area contributed by atoms with Gasteiger partial charge in [-0.2, -0.15) is 4.68 Å². The number of aromatic nitrogens is 4. The highest BCUT2D eigenvalue weighted by Gasteiger charge is 2.20. The molecule has 8 nitrogen and oxygen atoms in total. The first-order valence-electron chi connectivity index (χ1n) is 8.79. The van der Waals surface area contributed by atoms with E-state index in [1.54, 1.807) is 49.6 Å². The van der Waals surface area contributed by atoms with Gasteiger partial charge in [-0.25, -0.2) is 0 Å². The van der Waals surface area contributed by atoms with Crippen LogP contribution in [-0.2, 0) is 4.79 Å². The summed E-state index contributed by atoms with van der Waals surface area (Å²) in [5.74, 6) is 1.16. The van der Waals surface area contributed by atoms with Crippen LogP contribution in [0.2, 0.25) is 0 Å². The van der Waals surface area contributed by atoms with Gasteiger partial charge >= 0.3 is 0 Å². The van der Waals surface area contributed by atoms with Crippen LogP contribution in [0.15, 0.2) is 77.4 Å². The molecule has 0 aliphatic heterocycles. The number of benzene rings is 2. The zero-order chi connectivity index (χ0) is 20.1. The van der Waals surface area contributed by atoms with Crippen molar-refractivity contribution in [3.05, 3.63) is 78.8 Å². The molecule has 4 rings (SSSR count). The van der Waals surface area contributed by atoms with E-state index in [4.69, 9.17) is 9.15 Å². The Morgan fingerprint density at radius 1 is 1.10 bits per heavy atom. The molecule has 29 heavy (non-hydrogen) atoms. The molecule has 1 amide bonds. The average molecular weight is 387 g/mol. The van der Waals surface area contributed by atoms with E-state index in [1.807, 2.05) is 30.3 Å². The fraction of sp³-hybridized carbons (Fsp3) is 0.0476. The Balaban J connectivity index is 1.74. The van der Waals surface area contributed by atoms with E-state index in [0.717, 1.165) is 5.56 Å². The normalized spacial score (nSPS) is 11.3. The Bertz CT molecular complexity index is 1130. The lowest BCUT2D eigenvalue weighted by Crippen LogP contribution is -2.19. The maximum Gasteiger partial charge on any atom is 0.274 e. The van der Waals surface area contributed by atoms with Crippen molar-refractivity contribution in [2.24, 2.45) is 0 Å². The molecule has 0 atom stereocenters. The molecule has 4 aromatic rings. The number of anilines is 1. The summed E-state index contributed by atoms with van der Waals surface area (Å²) in [5.41, 5.74) is 1.55. The number of carbonyl (C=O) groups is 1. The Kier molecular flexibility index (Phi) is 5.15. The largest absolute Gasteiger partial charge is 0.497 e. The average Bonchev–Trinajstić information content (AvgIpc) is 3.44. The van der Waals surface area contributed by atoms with E-state index in [9.17, 15) is 4.79 Å². The number of hydrogen-bond acceptors (Lipinski definition) is 6. The molecule has 8 heteroatoms. The first-order valence-corrected chi connectivity index (χ1v) is 8.79. The topological polar surface area (TPSA) is 95.1 Å². The van der Waals surface area contributed by atoms with Crippen LogP contribution in [0.4, 0.5) is 5.69 Å². The molecule has 0 bridgehead atoms. The van der Waals surface area contributed by atoms with Crippen molar-refractivity contribution in [2.75, 3.05) is 12.4 Å². The van der Waals surface area contributed by atoms with E-state index in [2.05, 4.69) is 20.8 Å². The van der Waals surface area contributed by atoms with Gasteiger partial charge in [0.1, 0.15) is 17.2 Å². The lowest BCUT2D eigenvalue weighted by molar-refractivity contribution is -0.111. The van der Waals surface area contributed by atoms with Crippen LogP contribution >= 0.6 is 0 Å². The zero-order valence-electron chi connectivity index (χ0n) is 15.5. The molecule has 2 aromatic heterocycles. The Hall–Kier alpha value is -4.20. The summed E-state index contributed by atoms with van der Waals surface area (Å²) in [4.78, 5) is 13.1. The highest BCUT2D eigenvalue weighted by atomic mass is 16.5. The van der Waals surface area contributed by atoms with Crippen molar-refractivity contribution in [1.82, 2.24) is 20.2 Å². The van der Waals surface area contributed by atoms with Gasteiger partial charge in [-0.15, -0.1) is 5.10 Å². The van der Waals surface area contributed by atoms with Crippen LogP contribution in [0.3, 0.4) is 0 Å². The molecule has 2 aromatic carbocycles. The van der Waals surface area contributed by atoms with Gasteiger partial charge in [0, 0.05) is 23.4 Å². The molecule has 0 unspecified atom stereocenters. The number of carbonyl (C=O) groups excluding carboxylic acids is 1. The van der Waals surface area contributed by atoms with Crippen molar-refractivity contribution >= 4 is 23.4 Å². The summed E-state index contributed by atoms with van der Waals surface area (Å²) < 4.78 is 12.0. The van der Waals surface area contributed by atoms with Crippen molar-refractivity contribution in [2.45, 2.75) is 0 Å². The summed E-state index contributed by atoms with van der Waals surface area (Å²) >= 11 is 0. The molecule has 0 radical (unpaired) electrons. The van der Waals surface area contributed by atoms with E-state index in [0.29, 0.717) is 23.0 Å². The number of methoxy groups -OCH3 is 1. The van der Waals surface area contributed by atoms with Crippen LogP contribution in [-0.4, -0.2) is 33.2 Å². The number of nitrogens with zero attached hydrogens (tertiary/aromatic N) is 4. The van der Waals surface area contributed by atoms with Gasteiger partial charge in [0.15, 0.2) is 5.82 Å². The smallest absolute Gasteiger partial charge is 0.274 e. The minimum absolute atomic E-state index is 0.201. The maximum absolute atomic E-state index is 13.1. The Morgan fingerprint density at radius 3 is 2.72 bits per heavy atom. The number of ether oxygens (including phenoxy) is 1. The highest BCUT2D eigenvalue weighted by molar-refractivity contribution is 6.24. The molecule has 0 aliphatic carbocycles. The van der Waals surface area contributed by atoms with Crippen molar-refractivity contribution in [3.63, 3.8) is 0 Å². The van der Waals surface area contributed by atoms with E-state index in [1.165, 1.54) is 10.9 Å². The molecule has 0 saturated heterocycles. The second-order valence-electron chi connectivity index (χ2n) is 6.01.